The summed E-state index contributed by atoms with van der Waals surface area (Å²) in [5, 5.41) is 3.71. The normalized spacial score (nSPS) is 25.4. The molecule has 0 saturated carbocycles. The Bertz CT molecular complexity index is 258. The Balaban J connectivity index is 2.52. The number of hydrogen-bond donors (Lipinski definition) is 1. The third-order valence-corrected chi connectivity index (χ3v) is 5.53. The minimum atomic E-state index is 0.467. The van der Waals surface area contributed by atoms with Crippen molar-refractivity contribution in [2.75, 3.05) is 32.7 Å². The van der Waals surface area contributed by atoms with Crippen molar-refractivity contribution in [3.05, 3.63) is 0 Å². The van der Waals surface area contributed by atoms with Crippen LogP contribution in [0.5, 0.6) is 0 Å². The highest BCUT2D eigenvalue weighted by molar-refractivity contribution is 4.86. The first-order chi connectivity index (χ1) is 9.42. The SMILES string of the molecule is CCC(CC)(CNCC(C)C)CN1CCC(C)C(C)C1. The van der Waals surface area contributed by atoms with Gasteiger partial charge in [0.2, 0.25) is 0 Å². The monoisotopic (exact) mass is 282 g/mol. The van der Waals surface area contributed by atoms with Crippen LogP contribution in [0.25, 0.3) is 0 Å². The van der Waals surface area contributed by atoms with Gasteiger partial charge >= 0.3 is 0 Å². The number of nitrogens with one attached hydrogen (secondary N) is 1. The van der Waals surface area contributed by atoms with Crippen LogP contribution < -0.4 is 5.32 Å². The molecule has 1 fully saturated rings. The second kappa shape index (κ2) is 8.38. The van der Waals surface area contributed by atoms with Gasteiger partial charge in [-0.25, -0.2) is 0 Å². The summed E-state index contributed by atoms with van der Waals surface area (Å²) in [4.78, 5) is 2.73. The average molecular weight is 283 g/mol. The Morgan fingerprint density at radius 3 is 2.30 bits per heavy atom. The topological polar surface area (TPSA) is 15.3 Å². The molecular weight excluding hydrogens is 244 g/mol. The van der Waals surface area contributed by atoms with E-state index >= 15 is 0 Å². The molecule has 0 aromatic heterocycles. The second-order valence-corrected chi connectivity index (χ2v) is 7.71. The van der Waals surface area contributed by atoms with Gasteiger partial charge in [0.15, 0.2) is 0 Å². The predicted octanol–water partition coefficient (Wildman–Crippen LogP) is 4.02. The highest BCUT2D eigenvalue weighted by Crippen LogP contribution is 2.30. The van der Waals surface area contributed by atoms with Gasteiger partial charge in [-0.3, -0.25) is 0 Å². The standard InChI is InChI=1S/C18H38N2/c1-7-18(8-2,13-19-11-15(3)4)14-20-10-9-16(5)17(6)12-20/h15-17,19H,7-14H2,1-6H3. The van der Waals surface area contributed by atoms with Crippen molar-refractivity contribution in [2.45, 2.75) is 60.8 Å². The number of likely N-dealkylation sites (tertiary alicyclic amines) is 1. The van der Waals surface area contributed by atoms with E-state index in [1.807, 2.05) is 0 Å². The second-order valence-electron chi connectivity index (χ2n) is 7.71. The van der Waals surface area contributed by atoms with Crippen LogP contribution in [0, 0.1) is 23.2 Å². The van der Waals surface area contributed by atoms with E-state index in [0.717, 1.165) is 24.3 Å². The van der Waals surface area contributed by atoms with Gasteiger partial charge in [0.1, 0.15) is 0 Å². The molecule has 2 heteroatoms. The molecular formula is C18H38N2. The molecule has 1 N–H and O–H groups in total. The van der Waals surface area contributed by atoms with Gasteiger partial charge in [0.25, 0.3) is 0 Å². The fraction of sp³-hybridized carbons (Fsp3) is 1.00. The van der Waals surface area contributed by atoms with E-state index in [1.54, 1.807) is 0 Å². The molecule has 0 aromatic rings. The lowest BCUT2D eigenvalue weighted by atomic mass is 9.80. The lowest BCUT2D eigenvalue weighted by molar-refractivity contribution is 0.0759. The van der Waals surface area contributed by atoms with Crippen molar-refractivity contribution in [1.82, 2.24) is 10.2 Å². The van der Waals surface area contributed by atoms with Gasteiger partial charge in [-0.2, -0.15) is 0 Å². The molecule has 1 rings (SSSR count). The van der Waals surface area contributed by atoms with E-state index in [0.29, 0.717) is 5.41 Å². The molecule has 2 unspecified atom stereocenters. The minimum Gasteiger partial charge on any atom is -0.316 e. The zero-order valence-electron chi connectivity index (χ0n) is 14.8. The fourth-order valence-corrected chi connectivity index (χ4v) is 3.37. The lowest BCUT2D eigenvalue weighted by Crippen LogP contribution is -2.48. The van der Waals surface area contributed by atoms with Crippen molar-refractivity contribution in [2.24, 2.45) is 23.2 Å². The van der Waals surface area contributed by atoms with Crippen molar-refractivity contribution in [1.29, 1.82) is 0 Å². The zero-order chi connectivity index (χ0) is 15.2. The summed E-state index contributed by atoms with van der Waals surface area (Å²) in [5.41, 5.74) is 0.467. The maximum absolute atomic E-state index is 3.71. The van der Waals surface area contributed by atoms with Crippen LogP contribution in [0.3, 0.4) is 0 Å². The maximum atomic E-state index is 3.71. The van der Waals surface area contributed by atoms with Crippen molar-refractivity contribution < 1.29 is 0 Å². The lowest BCUT2D eigenvalue weighted by Gasteiger charge is -2.42. The Labute approximate surface area is 127 Å². The summed E-state index contributed by atoms with van der Waals surface area (Å²) in [6.07, 6.45) is 3.95. The van der Waals surface area contributed by atoms with Crippen LogP contribution in [0.4, 0.5) is 0 Å². The summed E-state index contributed by atoms with van der Waals surface area (Å²) >= 11 is 0. The Morgan fingerprint density at radius 1 is 1.15 bits per heavy atom. The molecule has 2 atom stereocenters. The predicted molar refractivity (Wildman–Crippen MR) is 90.1 cm³/mol. The van der Waals surface area contributed by atoms with Crippen LogP contribution in [-0.4, -0.2) is 37.6 Å². The third-order valence-electron chi connectivity index (χ3n) is 5.53. The van der Waals surface area contributed by atoms with E-state index in [2.05, 4.69) is 51.8 Å². The number of rotatable bonds is 8. The molecule has 0 amide bonds. The summed E-state index contributed by atoms with van der Waals surface area (Å²) in [6, 6.07) is 0. The van der Waals surface area contributed by atoms with Gasteiger partial charge in [-0.05, 0) is 55.5 Å². The smallest absolute Gasteiger partial charge is 0.00501 e. The van der Waals surface area contributed by atoms with Crippen molar-refractivity contribution >= 4 is 0 Å². The van der Waals surface area contributed by atoms with E-state index in [9.17, 15) is 0 Å². The number of piperidine rings is 1. The molecule has 0 spiro atoms. The first kappa shape index (κ1) is 18.0. The molecule has 20 heavy (non-hydrogen) atoms. The van der Waals surface area contributed by atoms with Crippen molar-refractivity contribution in [3.8, 4) is 0 Å². The molecule has 1 aliphatic rings. The van der Waals surface area contributed by atoms with E-state index in [-0.39, 0.29) is 0 Å². The van der Waals surface area contributed by atoms with Gasteiger partial charge in [0, 0.05) is 19.6 Å². The van der Waals surface area contributed by atoms with E-state index in [4.69, 9.17) is 0 Å². The Hall–Kier alpha value is -0.0800. The van der Waals surface area contributed by atoms with Crippen LogP contribution >= 0.6 is 0 Å². The molecule has 1 saturated heterocycles. The molecule has 0 bridgehead atoms. The molecule has 0 aliphatic carbocycles. The van der Waals surface area contributed by atoms with Crippen LogP contribution in [0.1, 0.15) is 60.8 Å². The van der Waals surface area contributed by atoms with Gasteiger partial charge in [-0.15, -0.1) is 0 Å². The molecule has 1 aliphatic heterocycles. The average Bonchev–Trinajstić information content (AvgIpc) is 2.41. The minimum absolute atomic E-state index is 0.467. The van der Waals surface area contributed by atoms with Gasteiger partial charge in [-0.1, -0.05) is 41.5 Å². The summed E-state index contributed by atoms with van der Waals surface area (Å²) < 4.78 is 0. The molecule has 0 aromatic carbocycles. The van der Waals surface area contributed by atoms with Crippen LogP contribution in [-0.2, 0) is 0 Å². The fourth-order valence-electron chi connectivity index (χ4n) is 3.37. The van der Waals surface area contributed by atoms with Crippen molar-refractivity contribution in [3.63, 3.8) is 0 Å². The van der Waals surface area contributed by atoms with Crippen LogP contribution in [0.2, 0.25) is 0 Å². The maximum Gasteiger partial charge on any atom is 0.00501 e. The Kier molecular flexibility index (Phi) is 7.53. The van der Waals surface area contributed by atoms with E-state index in [1.165, 1.54) is 45.4 Å². The Morgan fingerprint density at radius 2 is 1.80 bits per heavy atom. The highest BCUT2D eigenvalue weighted by atomic mass is 15.1. The molecule has 120 valence electrons. The molecule has 0 radical (unpaired) electrons. The highest BCUT2D eigenvalue weighted by Gasteiger charge is 2.31. The zero-order valence-corrected chi connectivity index (χ0v) is 14.8. The summed E-state index contributed by atoms with van der Waals surface area (Å²) in [5.74, 6) is 2.51. The molecule has 1 heterocycles. The third kappa shape index (κ3) is 5.37. The number of hydrogen-bond acceptors (Lipinski definition) is 2. The first-order valence-electron chi connectivity index (χ1n) is 8.85. The van der Waals surface area contributed by atoms with E-state index < -0.39 is 0 Å². The summed E-state index contributed by atoms with van der Waals surface area (Å²) in [6.45, 7) is 20.4. The quantitative estimate of drug-likeness (QED) is 0.723. The number of nitrogens with zero attached hydrogens (tertiary/aromatic N) is 1. The molecule has 2 nitrogen and oxygen atoms in total. The van der Waals surface area contributed by atoms with Gasteiger partial charge in [0.05, 0.1) is 0 Å². The van der Waals surface area contributed by atoms with Gasteiger partial charge < -0.3 is 10.2 Å². The largest absolute Gasteiger partial charge is 0.316 e. The summed E-state index contributed by atoms with van der Waals surface area (Å²) in [7, 11) is 0. The van der Waals surface area contributed by atoms with Crippen LogP contribution in [0.15, 0.2) is 0 Å². The first-order valence-corrected chi connectivity index (χ1v) is 8.85.